The number of ether oxygens (including phenoxy) is 4. The molecule has 1 aliphatic rings. The van der Waals surface area contributed by atoms with Crippen LogP contribution in [-0.4, -0.2) is 65.8 Å². The molecule has 0 aromatic rings. The van der Waals surface area contributed by atoms with E-state index in [1.54, 1.807) is 0 Å². The van der Waals surface area contributed by atoms with Crippen molar-refractivity contribution in [1.82, 2.24) is 0 Å². The molecule has 0 bridgehead atoms. The molecule has 6 nitrogen and oxygen atoms in total. The minimum absolute atomic E-state index is 0.0548. The van der Waals surface area contributed by atoms with Crippen LogP contribution in [0.1, 0.15) is 41.5 Å². The third-order valence-electron chi connectivity index (χ3n) is 3.08. The van der Waals surface area contributed by atoms with Crippen LogP contribution in [0.4, 0.5) is 0 Å². The fourth-order valence-corrected chi connectivity index (χ4v) is 2.45. The largest absolute Gasteiger partial charge is 0.394 e. The van der Waals surface area contributed by atoms with Gasteiger partial charge in [0.05, 0.1) is 24.9 Å². The Hall–Kier alpha value is -0.240. The molecule has 5 atom stereocenters. The molecular weight excluding hydrogens is 276 g/mol. The Morgan fingerprint density at radius 3 is 1.67 bits per heavy atom. The highest BCUT2D eigenvalue weighted by Gasteiger charge is 2.48. The first-order valence-electron chi connectivity index (χ1n) is 7.67. The van der Waals surface area contributed by atoms with Crippen molar-refractivity contribution in [2.24, 2.45) is 0 Å². The average Bonchev–Trinajstić information content (AvgIpc) is 2.35. The summed E-state index contributed by atoms with van der Waals surface area (Å²) in [6, 6.07) is 0. The first-order valence-corrected chi connectivity index (χ1v) is 7.67. The minimum Gasteiger partial charge on any atom is -0.394 e. The lowest BCUT2D eigenvalue weighted by atomic mass is 9.97. The van der Waals surface area contributed by atoms with Crippen molar-refractivity contribution < 1.29 is 29.2 Å². The summed E-state index contributed by atoms with van der Waals surface area (Å²) in [5.74, 6) is 0. The van der Waals surface area contributed by atoms with Crippen LogP contribution in [0.25, 0.3) is 0 Å². The van der Waals surface area contributed by atoms with Gasteiger partial charge in [-0.2, -0.15) is 0 Å². The number of aliphatic hydroxyl groups is 2. The predicted molar refractivity (Wildman–Crippen MR) is 78.0 cm³/mol. The van der Waals surface area contributed by atoms with Crippen molar-refractivity contribution in [3.63, 3.8) is 0 Å². The number of rotatable bonds is 7. The number of aliphatic hydroxyl groups excluding tert-OH is 2. The van der Waals surface area contributed by atoms with Gasteiger partial charge in [-0.1, -0.05) is 0 Å². The monoisotopic (exact) mass is 306 g/mol. The maximum absolute atomic E-state index is 10.2. The highest BCUT2D eigenvalue weighted by molar-refractivity contribution is 4.93. The van der Waals surface area contributed by atoms with Gasteiger partial charge in [-0.3, -0.25) is 0 Å². The molecule has 1 fully saturated rings. The van der Waals surface area contributed by atoms with E-state index in [0.717, 1.165) is 0 Å². The summed E-state index contributed by atoms with van der Waals surface area (Å²) < 4.78 is 23.0. The summed E-state index contributed by atoms with van der Waals surface area (Å²) in [6.45, 7) is 11.2. The van der Waals surface area contributed by atoms with Crippen LogP contribution in [0.3, 0.4) is 0 Å². The van der Waals surface area contributed by atoms with Gasteiger partial charge in [0.15, 0.2) is 6.29 Å². The predicted octanol–water partition coefficient (Wildman–Crippen LogP) is 1.08. The molecule has 1 saturated heterocycles. The van der Waals surface area contributed by atoms with Crippen LogP contribution in [-0.2, 0) is 18.9 Å². The Morgan fingerprint density at radius 2 is 1.24 bits per heavy atom. The minimum atomic E-state index is -1.15. The van der Waals surface area contributed by atoms with Gasteiger partial charge in [0.1, 0.15) is 24.4 Å². The molecule has 0 aliphatic carbocycles. The van der Waals surface area contributed by atoms with Crippen molar-refractivity contribution in [2.75, 3.05) is 6.61 Å². The Kier molecular flexibility index (Phi) is 7.53. The molecule has 1 aliphatic heterocycles. The summed E-state index contributed by atoms with van der Waals surface area (Å²) in [5.41, 5.74) is 0. The molecule has 6 heteroatoms. The molecule has 1 heterocycles. The first-order chi connectivity index (χ1) is 9.76. The summed E-state index contributed by atoms with van der Waals surface area (Å²) in [6.07, 6.45) is -3.65. The first kappa shape index (κ1) is 18.8. The van der Waals surface area contributed by atoms with E-state index in [9.17, 15) is 10.2 Å². The lowest BCUT2D eigenvalue weighted by Crippen LogP contribution is -2.62. The van der Waals surface area contributed by atoms with E-state index in [4.69, 9.17) is 18.9 Å². The van der Waals surface area contributed by atoms with Gasteiger partial charge in [-0.05, 0) is 41.5 Å². The lowest BCUT2D eigenvalue weighted by molar-refractivity contribution is -0.322. The van der Waals surface area contributed by atoms with E-state index in [-0.39, 0.29) is 24.9 Å². The van der Waals surface area contributed by atoms with E-state index in [2.05, 4.69) is 0 Å². The molecule has 0 radical (unpaired) electrons. The van der Waals surface area contributed by atoms with Gasteiger partial charge in [0, 0.05) is 0 Å². The molecule has 1 rings (SSSR count). The lowest BCUT2D eigenvalue weighted by Gasteiger charge is -2.45. The summed E-state index contributed by atoms with van der Waals surface area (Å²) >= 11 is 0. The zero-order chi connectivity index (χ0) is 16.2. The summed E-state index contributed by atoms with van der Waals surface area (Å²) in [7, 11) is 0. The zero-order valence-corrected chi connectivity index (χ0v) is 13.9. The third-order valence-corrected chi connectivity index (χ3v) is 3.08. The molecule has 0 aromatic heterocycles. The van der Waals surface area contributed by atoms with E-state index in [1.807, 2.05) is 41.5 Å². The quantitative estimate of drug-likeness (QED) is 0.733. The second-order valence-corrected chi connectivity index (χ2v) is 6.20. The highest BCUT2D eigenvalue weighted by Crippen LogP contribution is 2.29. The van der Waals surface area contributed by atoms with Crippen molar-refractivity contribution in [1.29, 1.82) is 0 Å². The number of hydrogen-bond donors (Lipinski definition) is 2. The van der Waals surface area contributed by atoms with Crippen LogP contribution < -0.4 is 0 Å². The molecule has 0 saturated carbocycles. The Bertz CT molecular complexity index is 294. The van der Waals surface area contributed by atoms with Crippen molar-refractivity contribution in [3.05, 3.63) is 0 Å². The molecule has 0 aromatic carbocycles. The van der Waals surface area contributed by atoms with Crippen LogP contribution in [0.5, 0.6) is 0 Å². The fraction of sp³-hybridized carbons (Fsp3) is 1.00. The van der Waals surface area contributed by atoms with Crippen LogP contribution in [0.2, 0.25) is 0 Å². The van der Waals surface area contributed by atoms with Crippen LogP contribution in [0, 0.1) is 0 Å². The van der Waals surface area contributed by atoms with Crippen LogP contribution in [0.15, 0.2) is 0 Å². The van der Waals surface area contributed by atoms with Gasteiger partial charge >= 0.3 is 0 Å². The Morgan fingerprint density at radius 1 is 0.810 bits per heavy atom. The summed E-state index contributed by atoms with van der Waals surface area (Å²) in [5, 5.41) is 19.7. The maximum atomic E-state index is 10.2. The second-order valence-electron chi connectivity index (χ2n) is 6.20. The van der Waals surface area contributed by atoms with Gasteiger partial charge in [0.25, 0.3) is 0 Å². The third kappa shape index (κ3) is 5.47. The molecule has 2 unspecified atom stereocenters. The molecule has 2 N–H and O–H groups in total. The molecule has 21 heavy (non-hydrogen) atoms. The average molecular weight is 306 g/mol. The molecule has 0 spiro atoms. The van der Waals surface area contributed by atoms with E-state index in [0.29, 0.717) is 0 Å². The molecule has 0 amide bonds. The maximum Gasteiger partial charge on any atom is 0.184 e. The van der Waals surface area contributed by atoms with E-state index in [1.165, 1.54) is 0 Å². The standard InChI is InChI=1S/C15H30O6/c1-8(2)18-12-11(7-16)21-15(17)14(20-10(5)6)13(12)19-9(3)4/h8-17H,7H2,1-6H3/t11?,12-,13+,14?,15-/m1/s1. The molecular formula is C15H30O6. The van der Waals surface area contributed by atoms with Gasteiger partial charge in [-0.25, -0.2) is 0 Å². The smallest absolute Gasteiger partial charge is 0.184 e. The van der Waals surface area contributed by atoms with Gasteiger partial charge < -0.3 is 29.2 Å². The Balaban J connectivity index is 2.99. The SMILES string of the molecule is CC(C)OC1[C@H](O)OC(CO)[C@@H](OC(C)C)[C@@H]1OC(C)C. The topological polar surface area (TPSA) is 77.4 Å². The fourth-order valence-electron chi connectivity index (χ4n) is 2.45. The molecule has 126 valence electrons. The second kappa shape index (κ2) is 8.41. The van der Waals surface area contributed by atoms with Crippen LogP contribution >= 0.6 is 0 Å². The highest BCUT2D eigenvalue weighted by atomic mass is 16.7. The van der Waals surface area contributed by atoms with Crippen molar-refractivity contribution in [2.45, 2.75) is 90.6 Å². The van der Waals surface area contributed by atoms with E-state index < -0.39 is 30.7 Å². The normalized spacial score (nSPS) is 34.1. The number of hydrogen-bond acceptors (Lipinski definition) is 6. The van der Waals surface area contributed by atoms with Crippen molar-refractivity contribution in [3.8, 4) is 0 Å². The zero-order valence-electron chi connectivity index (χ0n) is 13.9. The summed E-state index contributed by atoms with van der Waals surface area (Å²) in [4.78, 5) is 0. The Labute approximate surface area is 127 Å². The van der Waals surface area contributed by atoms with Crippen molar-refractivity contribution >= 4 is 0 Å². The van der Waals surface area contributed by atoms with Gasteiger partial charge in [0.2, 0.25) is 0 Å². The van der Waals surface area contributed by atoms with Gasteiger partial charge in [-0.15, -0.1) is 0 Å². The van der Waals surface area contributed by atoms with E-state index >= 15 is 0 Å².